The van der Waals surface area contributed by atoms with Crippen LogP contribution in [0.5, 0.6) is 0 Å². The first-order chi connectivity index (χ1) is 9.41. The number of hydrogen-bond donors (Lipinski definition) is 1. The van der Waals surface area contributed by atoms with Gasteiger partial charge in [0, 0.05) is 6.61 Å². The Morgan fingerprint density at radius 1 is 0.579 bits per heavy atom. The van der Waals surface area contributed by atoms with E-state index in [-0.39, 0.29) is 0 Å². The molecule has 0 aliphatic carbocycles. The number of rotatable bonds is 15. The molecule has 114 valence electrons. The van der Waals surface area contributed by atoms with Crippen molar-refractivity contribution in [1.82, 2.24) is 0 Å². The van der Waals surface area contributed by atoms with Gasteiger partial charge in [-0.1, -0.05) is 83.3 Å². The maximum atomic E-state index is 8.67. The van der Waals surface area contributed by atoms with Crippen molar-refractivity contribution >= 4 is 0 Å². The quantitative estimate of drug-likeness (QED) is 0.284. The third kappa shape index (κ3) is 17.7. The Morgan fingerprint density at radius 2 is 1.00 bits per heavy atom. The van der Waals surface area contributed by atoms with Crippen molar-refractivity contribution < 1.29 is 5.11 Å². The van der Waals surface area contributed by atoms with Crippen molar-refractivity contribution in [2.45, 2.75) is 96.8 Å². The van der Waals surface area contributed by atoms with Crippen LogP contribution in [0.25, 0.3) is 0 Å². The van der Waals surface area contributed by atoms with Crippen LogP contribution in [0.4, 0.5) is 0 Å². The maximum absolute atomic E-state index is 8.67. The van der Waals surface area contributed by atoms with E-state index >= 15 is 0 Å². The molecule has 19 heavy (non-hydrogen) atoms. The lowest BCUT2D eigenvalue weighted by Crippen LogP contribution is -1.84. The molecule has 0 radical (unpaired) electrons. The first kappa shape index (κ1) is 18.7. The highest BCUT2D eigenvalue weighted by Gasteiger charge is 1.92. The molecule has 0 saturated carbocycles. The van der Waals surface area contributed by atoms with Crippen molar-refractivity contribution in [3.63, 3.8) is 0 Å². The minimum atomic E-state index is 0.368. The molecule has 0 aliphatic rings. The molecule has 0 atom stereocenters. The lowest BCUT2D eigenvalue weighted by molar-refractivity contribution is 0.282. The standard InChI is InChI=1S/C18H36O/c1-2-3-4-5-6-7-8-9-10-11-12-13-14-15-16-17-18-19/h5-6,19H,2-4,7-18H2,1H3. The van der Waals surface area contributed by atoms with Crippen molar-refractivity contribution in [3.8, 4) is 0 Å². The predicted molar refractivity (Wildman–Crippen MR) is 86.5 cm³/mol. The van der Waals surface area contributed by atoms with Crippen LogP contribution in [-0.2, 0) is 0 Å². The Bertz CT molecular complexity index is 175. The van der Waals surface area contributed by atoms with Crippen LogP contribution in [0.1, 0.15) is 96.8 Å². The predicted octanol–water partition coefficient (Wildman–Crippen LogP) is 6.02. The van der Waals surface area contributed by atoms with Gasteiger partial charge in [0.2, 0.25) is 0 Å². The molecule has 0 saturated heterocycles. The average Bonchev–Trinajstić information content (AvgIpc) is 2.43. The molecule has 0 heterocycles. The second kappa shape index (κ2) is 17.7. The summed E-state index contributed by atoms with van der Waals surface area (Å²) < 4.78 is 0. The van der Waals surface area contributed by atoms with Crippen LogP contribution in [-0.4, -0.2) is 11.7 Å². The van der Waals surface area contributed by atoms with Gasteiger partial charge in [-0.2, -0.15) is 0 Å². The molecule has 1 N–H and O–H groups in total. The number of unbranched alkanes of at least 4 members (excludes halogenated alkanes) is 12. The molecule has 0 rings (SSSR count). The second-order valence-electron chi connectivity index (χ2n) is 5.66. The Kier molecular flexibility index (Phi) is 17.4. The van der Waals surface area contributed by atoms with Gasteiger partial charge in [-0.3, -0.25) is 0 Å². The van der Waals surface area contributed by atoms with Crippen molar-refractivity contribution in [2.24, 2.45) is 0 Å². The van der Waals surface area contributed by atoms with Crippen LogP contribution >= 0.6 is 0 Å². The van der Waals surface area contributed by atoms with Crippen molar-refractivity contribution in [1.29, 1.82) is 0 Å². The molecule has 1 heteroatoms. The summed E-state index contributed by atoms with van der Waals surface area (Å²) in [6.45, 7) is 2.62. The first-order valence-electron chi connectivity index (χ1n) is 8.67. The van der Waals surface area contributed by atoms with Gasteiger partial charge in [0.15, 0.2) is 0 Å². The number of aliphatic hydroxyl groups is 1. The van der Waals surface area contributed by atoms with Crippen LogP contribution in [0, 0.1) is 0 Å². The van der Waals surface area contributed by atoms with Crippen molar-refractivity contribution in [3.05, 3.63) is 12.2 Å². The van der Waals surface area contributed by atoms with Gasteiger partial charge in [0.25, 0.3) is 0 Å². The van der Waals surface area contributed by atoms with E-state index in [1.54, 1.807) is 0 Å². The zero-order valence-corrected chi connectivity index (χ0v) is 13.2. The highest BCUT2D eigenvalue weighted by molar-refractivity contribution is 4.81. The molecule has 1 nitrogen and oxygen atoms in total. The van der Waals surface area contributed by atoms with Crippen LogP contribution < -0.4 is 0 Å². The fourth-order valence-electron chi connectivity index (χ4n) is 2.35. The highest BCUT2D eigenvalue weighted by atomic mass is 16.2. The highest BCUT2D eigenvalue weighted by Crippen LogP contribution is 2.11. The molecule has 0 fully saturated rings. The lowest BCUT2D eigenvalue weighted by Gasteiger charge is -2.01. The van der Waals surface area contributed by atoms with Gasteiger partial charge in [-0.05, 0) is 25.7 Å². The van der Waals surface area contributed by atoms with Gasteiger partial charge in [-0.15, -0.1) is 0 Å². The molecular formula is C18H36O. The van der Waals surface area contributed by atoms with Crippen LogP contribution in [0.3, 0.4) is 0 Å². The summed E-state index contributed by atoms with van der Waals surface area (Å²) in [5.41, 5.74) is 0. The van der Waals surface area contributed by atoms with Gasteiger partial charge in [0.05, 0.1) is 0 Å². The van der Waals surface area contributed by atoms with Crippen LogP contribution in [0.15, 0.2) is 12.2 Å². The van der Waals surface area contributed by atoms with E-state index in [1.807, 2.05) is 0 Å². The Morgan fingerprint density at radius 3 is 1.47 bits per heavy atom. The van der Waals surface area contributed by atoms with Gasteiger partial charge < -0.3 is 5.11 Å². The molecule has 0 aromatic rings. The molecule has 0 bridgehead atoms. The first-order valence-corrected chi connectivity index (χ1v) is 8.67. The molecule has 0 spiro atoms. The molecule has 0 aromatic carbocycles. The largest absolute Gasteiger partial charge is 0.396 e. The fourth-order valence-corrected chi connectivity index (χ4v) is 2.35. The second-order valence-corrected chi connectivity index (χ2v) is 5.66. The zero-order chi connectivity index (χ0) is 14.0. The van der Waals surface area contributed by atoms with E-state index in [0.29, 0.717) is 6.61 Å². The van der Waals surface area contributed by atoms with E-state index in [9.17, 15) is 0 Å². The summed E-state index contributed by atoms with van der Waals surface area (Å²) in [5.74, 6) is 0. The zero-order valence-electron chi connectivity index (χ0n) is 13.2. The summed E-state index contributed by atoms with van der Waals surface area (Å²) in [5, 5.41) is 8.67. The lowest BCUT2D eigenvalue weighted by atomic mass is 10.1. The summed E-state index contributed by atoms with van der Waals surface area (Å²) in [6.07, 6.45) is 23.2. The molecule has 0 unspecified atom stereocenters. The Labute approximate surface area is 121 Å². The summed E-state index contributed by atoms with van der Waals surface area (Å²) in [4.78, 5) is 0. The van der Waals surface area contributed by atoms with Gasteiger partial charge in [-0.25, -0.2) is 0 Å². The minimum absolute atomic E-state index is 0.368. The minimum Gasteiger partial charge on any atom is -0.396 e. The SMILES string of the molecule is CCCCC=CCCCCCCCCCCCCO. The Balaban J connectivity index is 2.97. The van der Waals surface area contributed by atoms with E-state index < -0.39 is 0 Å². The van der Waals surface area contributed by atoms with E-state index in [2.05, 4.69) is 19.1 Å². The van der Waals surface area contributed by atoms with Crippen LogP contribution in [0.2, 0.25) is 0 Å². The third-order valence-electron chi connectivity index (χ3n) is 3.67. The fraction of sp³-hybridized carbons (Fsp3) is 0.889. The Hall–Kier alpha value is -0.300. The molecular weight excluding hydrogens is 232 g/mol. The summed E-state index contributed by atoms with van der Waals surface area (Å²) >= 11 is 0. The smallest absolute Gasteiger partial charge is 0.0431 e. The number of hydrogen-bond acceptors (Lipinski definition) is 1. The molecule has 0 aromatic heterocycles. The van der Waals surface area contributed by atoms with E-state index in [0.717, 1.165) is 6.42 Å². The third-order valence-corrected chi connectivity index (χ3v) is 3.67. The topological polar surface area (TPSA) is 20.2 Å². The molecule has 0 aliphatic heterocycles. The number of allylic oxidation sites excluding steroid dienone is 2. The average molecular weight is 268 g/mol. The van der Waals surface area contributed by atoms with E-state index in [4.69, 9.17) is 5.11 Å². The monoisotopic (exact) mass is 268 g/mol. The summed E-state index contributed by atoms with van der Waals surface area (Å²) in [7, 11) is 0. The normalized spacial score (nSPS) is 11.5. The maximum Gasteiger partial charge on any atom is 0.0431 e. The number of aliphatic hydroxyl groups excluding tert-OH is 1. The van der Waals surface area contributed by atoms with Crippen molar-refractivity contribution in [2.75, 3.05) is 6.61 Å². The van der Waals surface area contributed by atoms with E-state index in [1.165, 1.54) is 83.5 Å². The summed E-state index contributed by atoms with van der Waals surface area (Å²) in [6, 6.07) is 0. The molecule has 0 amide bonds. The van der Waals surface area contributed by atoms with Gasteiger partial charge >= 0.3 is 0 Å². The van der Waals surface area contributed by atoms with Gasteiger partial charge in [0.1, 0.15) is 0 Å².